The van der Waals surface area contributed by atoms with Gasteiger partial charge in [0.2, 0.25) is 0 Å². The lowest BCUT2D eigenvalue weighted by Crippen LogP contribution is -2.38. The minimum atomic E-state index is -0.155. The van der Waals surface area contributed by atoms with Crippen molar-refractivity contribution >= 4 is 17.4 Å². The average molecular weight is 341 g/mol. The highest BCUT2D eigenvalue weighted by atomic mass is 32.1. The quantitative estimate of drug-likeness (QED) is 0.724. The van der Waals surface area contributed by atoms with Gasteiger partial charge in [0.05, 0.1) is 24.1 Å². The molecular formula is C17H19N5OS. The van der Waals surface area contributed by atoms with Gasteiger partial charge in [-0.3, -0.25) is 0 Å². The van der Waals surface area contributed by atoms with Crippen molar-refractivity contribution in [2.45, 2.75) is 19.4 Å². The molecule has 124 valence electrons. The zero-order chi connectivity index (χ0) is 16.8. The second kappa shape index (κ2) is 7.74. The molecule has 1 atom stereocenters. The Kier molecular flexibility index (Phi) is 5.22. The Labute approximate surface area is 144 Å². The zero-order valence-corrected chi connectivity index (χ0v) is 14.2. The fourth-order valence-corrected chi connectivity index (χ4v) is 3.05. The summed E-state index contributed by atoms with van der Waals surface area (Å²) in [6, 6.07) is 9.71. The van der Waals surface area contributed by atoms with E-state index < -0.39 is 0 Å². The first-order valence-corrected chi connectivity index (χ1v) is 8.69. The van der Waals surface area contributed by atoms with Gasteiger partial charge in [-0.05, 0) is 53.4 Å². The maximum Gasteiger partial charge on any atom is 0.315 e. The third-order valence-corrected chi connectivity index (χ3v) is 4.44. The van der Waals surface area contributed by atoms with Crippen LogP contribution in [0.4, 0.5) is 4.79 Å². The SMILES string of the molecule is C[C@H](NC(=O)NCCc1ccsc1)c1ccc(-n2ccnn2)cc1. The summed E-state index contributed by atoms with van der Waals surface area (Å²) in [5.41, 5.74) is 3.22. The summed E-state index contributed by atoms with van der Waals surface area (Å²) in [6.45, 7) is 2.59. The van der Waals surface area contributed by atoms with Crippen molar-refractivity contribution in [1.29, 1.82) is 0 Å². The number of thiophene rings is 1. The number of rotatable bonds is 6. The molecule has 0 bridgehead atoms. The van der Waals surface area contributed by atoms with E-state index in [1.54, 1.807) is 28.4 Å². The fraction of sp³-hybridized carbons (Fsp3) is 0.235. The molecule has 6 nitrogen and oxygen atoms in total. The molecule has 2 N–H and O–H groups in total. The van der Waals surface area contributed by atoms with Crippen LogP contribution in [0.3, 0.4) is 0 Å². The van der Waals surface area contributed by atoms with Crippen molar-refractivity contribution < 1.29 is 4.79 Å². The minimum Gasteiger partial charge on any atom is -0.338 e. The second-order valence-corrected chi connectivity index (χ2v) is 6.22. The third kappa shape index (κ3) is 4.20. The lowest BCUT2D eigenvalue weighted by atomic mass is 10.1. The highest BCUT2D eigenvalue weighted by Gasteiger charge is 2.09. The van der Waals surface area contributed by atoms with Gasteiger partial charge in [0.1, 0.15) is 0 Å². The van der Waals surface area contributed by atoms with Crippen LogP contribution in [0, 0.1) is 0 Å². The van der Waals surface area contributed by atoms with Crippen LogP contribution in [0.25, 0.3) is 5.69 Å². The average Bonchev–Trinajstić information content (AvgIpc) is 3.29. The molecule has 3 rings (SSSR count). The molecule has 0 unspecified atom stereocenters. The van der Waals surface area contributed by atoms with Gasteiger partial charge in [0, 0.05) is 6.54 Å². The minimum absolute atomic E-state index is 0.0732. The van der Waals surface area contributed by atoms with Crippen molar-refractivity contribution in [2.24, 2.45) is 0 Å². The standard InChI is InChI=1S/C17H19N5OS/c1-13(20-17(23)18-8-6-14-7-11-24-12-14)15-2-4-16(5-3-15)22-10-9-19-21-22/h2-5,7,9-13H,6,8H2,1H3,(H2,18,20,23)/t13-/m0/s1. The van der Waals surface area contributed by atoms with E-state index in [4.69, 9.17) is 0 Å². The predicted molar refractivity (Wildman–Crippen MR) is 94.3 cm³/mol. The van der Waals surface area contributed by atoms with Gasteiger partial charge in [-0.15, -0.1) is 5.10 Å². The Morgan fingerprint density at radius 3 is 2.79 bits per heavy atom. The number of nitrogens with zero attached hydrogens (tertiary/aromatic N) is 3. The summed E-state index contributed by atoms with van der Waals surface area (Å²) in [5.74, 6) is 0. The molecule has 1 aromatic carbocycles. The number of hydrogen-bond acceptors (Lipinski definition) is 4. The van der Waals surface area contributed by atoms with E-state index >= 15 is 0 Å². The number of urea groups is 1. The molecule has 2 heterocycles. The highest BCUT2D eigenvalue weighted by Crippen LogP contribution is 2.15. The first-order valence-electron chi connectivity index (χ1n) is 7.74. The molecule has 24 heavy (non-hydrogen) atoms. The summed E-state index contributed by atoms with van der Waals surface area (Å²) in [5, 5.41) is 17.7. The summed E-state index contributed by atoms with van der Waals surface area (Å²) < 4.78 is 1.69. The molecule has 0 aliphatic heterocycles. The number of amides is 2. The van der Waals surface area contributed by atoms with Crippen LogP contribution in [-0.4, -0.2) is 27.6 Å². The monoisotopic (exact) mass is 341 g/mol. The molecule has 0 aliphatic carbocycles. The number of hydrogen-bond donors (Lipinski definition) is 2. The van der Waals surface area contributed by atoms with Crippen LogP contribution in [-0.2, 0) is 6.42 Å². The molecule has 0 radical (unpaired) electrons. The largest absolute Gasteiger partial charge is 0.338 e. The Morgan fingerprint density at radius 2 is 2.12 bits per heavy atom. The summed E-state index contributed by atoms with van der Waals surface area (Å²) in [4.78, 5) is 12.0. The van der Waals surface area contributed by atoms with Gasteiger partial charge in [-0.1, -0.05) is 17.3 Å². The first kappa shape index (κ1) is 16.2. The molecular weight excluding hydrogens is 322 g/mol. The zero-order valence-electron chi connectivity index (χ0n) is 13.3. The number of nitrogens with one attached hydrogen (secondary N) is 2. The van der Waals surface area contributed by atoms with Gasteiger partial charge in [0.15, 0.2) is 0 Å². The van der Waals surface area contributed by atoms with Gasteiger partial charge >= 0.3 is 6.03 Å². The lowest BCUT2D eigenvalue weighted by Gasteiger charge is -2.15. The van der Waals surface area contributed by atoms with Gasteiger partial charge in [0.25, 0.3) is 0 Å². The third-order valence-electron chi connectivity index (χ3n) is 3.71. The van der Waals surface area contributed by atoms with Crippen LogP contribution >= 0.6 is 11.3 Å². The van der Waals surface area contributed by atoms with E-state index in [2.05, 4.69) is 32.4 Å². The van der Waals surface area contributed by atoms with Gasteiger partial charge in [-0.25, -0.2) is 9.48 Å². The van der Waals surface area contributed by atoms with Crippen LogP contribution in [0.5, 0.6) is 0 Å². The van der Waals surface area contributed by atoms with Crippen molar-refractivity contribution in [3.8, 4) is 5.69 Å². The molecule has 0 fully saturated rings. The number of benzene rings is 1. The highest BCUT2D eigenvalue weighted by molar-refractivity contribution is 7.07. The molecule has 0 spiro atoms. The number of aromatic nitrogens is 3. The van der Waals surface area contributed by atoms with Crippen molar-refractivity contribution in [1.82, 2.24) is 25.6 Å². The first-order chi connectivity index (χ1) is 11.7. The fourth-order valence-electron chi connectivity index (χ4n) is 2.35. The Hall–Kier alpha value is -2.67. The molecule has 0 aliphatic rings. The van der Waals surface area contributed by atoms with E-state index in [1.807, 2.05) is 36.6 Å². The second-order valence-electron chi connectivity index (χ2n) is 5.44. The van der Waals surface area contributed by atoms with E-state index in [1.165, 1.54) is 5.56 Å². The summed E-state index contributed by atoms with van der Waals surface area (Å²) in [6.07, 6.45) is 4.27. The maximum absolute atomic E-state index is 12.0. The van der Waals surface area contributed by atoms with Crippen LogP contribution in [0.15, 0.2) is 53.5 Å². The van der Waals surface area contributed by atoms with E-state index in [0.717, 1.165) is 17.7 Å². The summed E-state index contributed by atoms with van der Waals surface area (Å²) in [7, 11) is 0. The normalized spacial score (nSPS) is 11.9. The maximum atomic E-state index is 12.0. The van der Waals surface area contributed by atoms with E-state index in [9.17, 15) is 4.79 Å². The molecule has 3 aromatic rings. The molecule has 0 saturated carbocycles. The van der Waals surface area contributed by atoms with E-state index in [-0.39, 0.29) is 12.1 Å². The van der Waals surface area contributed by atoms with Crippen molar-refractivity contribution in [3.63, 3.8) is 0 Å². The Morgan fingerprint density at radius 1 is 1.29 bits per heavy atom. The number of carbonyl (C=O) groups excluding carboxylic acids is 1. The van der Waals surface area contributed by atoms with Crippen LogP contribution in [0.1, 0.15) is 24.1 Å². The van der Waals surface area contributed by atoms with Crippen LogP contribution < -0.4 is 10.6 Å². The van der Waals surface area contributed by atoms with Crippen molar-refractivity contribution in [2.75, 3.05) is 6.54 Å². The van der Waals surface area contributed by atoms with Gasteiger partial charge in [-0.2, -0.15) is 11.3 Å². The predicted octanol–water partition coefficient (Wildman–Crippen LogP) is 2.93. The van der Waals surface area contributed by atoms with E-state index in [0.29, 0.717) is 6.54 Å². The topological polar surface area (TPSA) is 71.8 Å². The van der Waals surface area contributed by atoms with Gasteiger partial charge < -0.3 is 10.6 Å². The van der Waals surface area contributed by atoms with Crippen molar-refractivity contribution in [3.05, 3.63) is 64.6 Å². The number of carbonyl (C=O) groups is 1. The molecule has 2 amide bonds. The smallest absolute Gasteiger partial charge is 0.315 e. The molecule has 2 aromatic heterocycles. The molecule has 0 saturated heterocycles. The summed E-state index contributed by atoms with van der Waals surface area (Å²) >= 11 is 1.67. The van der Waals surface area contributed by atoms with Crippen LogP contribution in [0.2, 0.25) is 0 Å². The Balaban J connectivity index is 1.48. The lowest BCUT2D eigenvalue weighted by molar-refractivity contribution is 0.238. The molecule has 7 heteroatoms. The Bertz CT molecular complexity index is 753.